The van der Waals surface area contributed by atoms with Gasteiger partial charge in [-0.2, -0.15) is 5.26 Å². The first-order chi connectivity index (χ1) is 17.0. The van der Waals surface area contributed by atoms with Gasteiger partial charge in [0.15, 0.2) is 0 Å². The molecule has 0 radical (unpaired) electrons. The lowest BCUT2D eigenvalue weighted by molar-refractivity contribution is -0.122. The summed E-state index contributed by atoms with van der Waals surface area (Å²) in [5.74, 6) is 1.28. The van der Waals surface area contributed by atoms with Crippen molar-refractivity contribution in [1.82, 2.24) is 9.47 Å². The summed E-state index contributed by atoms with van der Waals surface area (Å²) in [4.78, 5) is 31.0. The Labute approximate surface area is 215 Å². The van der Waals surface area contributed by atoms with Crippen LogP contribution in [0.5, 0.6) is 0 Å². The molecular formula is C26H30N4O3S2. The first-order valence-electron chi connectivity index (χ1n) is 12.2. The molecule has 4 rings (SSSR count). The van der Waals surface area contributed by atoms with Crippen LogP contribution in [-0.4, -0.2) is 32.8 Å². The van der Waals surface area contributed by atoms with E-state index in [1.807, 2.05) is 12.1 Å². The fraction of sp³-hybridized carbons (Fsp3) is 0.462. The first-order valence-corrected chi connectivity index (χ1v) is 13.4. The largest absolute Gasteiger partial charge is 0.467 e. The van der Waals surface area contributed by atoms with Crippen molar-refractivity contribution in [3.63, 3.8) is 0 Å². The van der Waals surface area contributed by atoms with E-state index in [4.69, 9.17) is 16.6 Å². The summed E-state index contributed by atoms with van der Waals surface area (Å²) < 4.78 is 7.63. The Hall–Kier alpha value is -2.83. The predicted octanol–water partition coefficient (Wildman–Crippen LogP) is 5.20. The average molecular weight is 511 g/mol. The minimum atomic E-state index is -0.250. The number of anilines is 1. The Kier molecular flexibility index (Phi) is 8.14. The van der Waals surface area contributed by atoms with E-state index >= 15 is 0 Å². The van der Waals surface area contributed by atoms with Crippen molar-refractivity contribution < 1.29 is 9.21 Å². The van der Waals surface area contributed by atoms with E-state index in [1.165, 1.54) is 16.7 Å². The van der Waals surface area contributed by atoms with E-state index in [1.54, 1.807) is 23.8 Å². The Bertz CT molecular complexity index is 1230. The zero-order valence-electron chi connectivity index (χ0n) is 20.2. The first kappa shape index (κ1) is 25.3. The number of pyridine rings is 1. The summed E-state index contributed by atoms with van der Waals surface area (Å²) >= 11 is 6.76. The molecule has 2 saturated heterocycles. The Morgan fingerprint density at radius 2 is 1.97 bits per heavy atom. The monoisotopic (exact) mass is 510 g/mol. The third-order valence-electron chi connectivity index (χ3n) is 6.53. The van der Waals surface area contributed by atoms with Crippen LogP contribution in [0.2, 0.25) is 0 Å². The van der Waals surface area contributed by atoms with Gasteiger partial charge in [-0.15, -0.1) is 0 Å². The van der Waals surface area contributed by atoms with Crippen LogP contribution in [0.15, 0.2) is 32.5 Å². The fourth-order valence-corrected chi connectivity index (χ4v) is 5.85. The number of hydrogen-bond acceptors (Lipinski definition) is 7. The van der Waals surface area contributed by atoms with E-state index in [0.29, 0.717) is 27.1 Å². The van der Waals surface area contributed by atoms with Gasteiger partial charge in [-0.3, -0.25) is 19.1 Å². The molecule has 184 valence electrons. The van der Waals surface area contributed by atoms with E-state index in [9.17, 15) is 14.9 Å². The molecule has 2 aromatic heterocycles. The Morgan fingerprint density at radius 1 is 1.23 bits per heavy atom. The Morgan fingerprint density at radius 3 is 2.60 bits per heavy atom. The molecule has 2 aliphatic rings. The summed E-state index contributed by atoms with van der Waals surface area (Å²) in [6.45, 7) is 6.39. The molecular weight excluding hydrogens is 480 g/mol. The Balaban J connectivity index is 1.84. The third kappa shape index (κ3) is 5.24. The fourth-order valence-electron chi connectivity index (χ4n) is 4.62. The molecule has 0 atom stereocenters. The highest BCUT2D eigenvalue weighted by Crippen LogP contribution is 2.37. The van der Waals surface area contributed by atoms with Gasteiger partial charge in [0.05, 0.1) is 17.7 Å². The quantitative estimate of drug-likeness (QED) is 0.374. The van der Waals surface area contributed by atoms with E-state index in [2.05, 4.69) is 17.9 Å². The van der Waals surface area contributed by atoms with Crippen molar-refractivity contribution >= 4 is 46.1 Å². The smallest absolute Gasteiger partial charge is 0.270 e. The van der Waals surface area contributed by atoms with E-state index < -0.39 is 0 Å². The van der Waals surface area contributed by atoms with Gasteiger partial charge in [0.2, 0.25) is 0 Å². The maximum Gasteiger partial charge on any atom is 0.270 e. The van der Waals surface area contributed by atoms with Crippen LogP contribution in [-0.2, 0) is 17.9 Å². The molecule has 2 fully saturated rings. The van der Waals surface area contributed by atoms with E-state index in [-0.39, 0.29) is 23.6 Å². The molecule has 9 heteroatoms. The van der Waals surface area contributed by atoms with Crippen molar-refractivity contribution in [3.05, 3.63) is 56.1 Å². The molecule has 0 aromatic carbocycles. The van der Waals surface area contributed by atoms with Crippen molar-refractivity contribution in [2.75, 3.05) is 18.0 Å². The summed E-state index contributed by atoms with van der Waals surface area (Å²) in [6.07, 6.45) is 9.58. The van der Waals surface area contributed by atoms with Crippen molar-refractivity contribution in [3.8, 4) is 6.07 Å². The predicted molar refractivity (Wildman–Crippen MR) is 143 cm³/mol. The molecule has 0 aliphatic carbocycles. The number of carbonyl (C=O) groups is 1. The zero-order chi connectivity index (χ0) is 24.9. The maximum atomic E-state index is 13.4. The van der Waals surface area contributed by atoms with Crippen LogP contribution in [0, 0.1) is 18.3 Å². The summed E-state index contributed by atoms with van der Waals surface area (Å²) in [7, 11) is 0. The molecule has 2 aliphatic heterocycles. The number of hydrogen-bond donors (Lipinski definition) is 0. The lowest BCUT2D eigenvalue weighted by atomic mass is 10.0. The van der Waals surface area contributed by atoms with E-state index in [0.717, 1.165) is 63.0 Å². The molecule has 0 unspecified atom stereocenters. The van der Waals surface area contributed by atoms with Crippen LogP contribution < -0.4 is 10.5 Å². The van der Waals surface area contributed by atoms with Crippen LogP contribution in [0.3, 0.4) is 0 Å². The number of thiocarbonyl (C=S) groups is 1. The maximum absolute atomic E-state index is 13.4. The van der Waals surface area contributed by atoms with Crippen LogP contribution >= 0.6 is 24.0 Å². The average Bonchev–Trinajstić information content (AvgIpc) is 3.34. The van der Waals surface area contributed by atoms with Crippen LogP contribution in [0.1, 0.15) is 67.9 Å². The number of thioether (sulfide) groups is 1. The van der Waals surface area contributed by atoms with Crippen molar-refractivity contribution in [1.29, 1.82) is 5.26 Å². The summed E-state index contributed by atoms with van der Waals surface area (Å²) in [5, 5.41) is 9.85. The van der Waals surface area contributed by atoms with Gasteiger partial charge in [-0.1, -0.05) is 50.2 Å². The van der Waals surface area contributed by atoms with Crippen LogP contribution in [0.4, 0.5) is 5.82 Å². The van der Waals surface area contributed by atoms with Gasteiger partial charge in [0, 0.05) is 25.2 Å². The molecule has 1 amide bonds. The zero-order valence-corrected chi connectivity index (χ0v) is 21.8. The van der Waals surface area contributed by atoms with Gasteiger partial charge in [-0.25, -0.2) is 0 Å². The van der Waals surface area contributed by atoms with Crippen molar-refractivity contribution in [2.45, 2.75) is 65.5 Å². The number of rotatable bonds is 7. The minimum Gasteiger partial charge on any atom is -0.467 e. The highest BCUT2D eigenvalue weighted by Gasteiger charge is 2.34. The number of furan rings is 1. The van der Waals surface area contributed by atoms with Gasteiger partial charge < -0.3 is 9.32 Å². The second kappa shape index (κ2) is 11.3. The standard InChI is InChI=1S/C26H30N4O3S2/c1-3-4-13-29-23(28-11-7-5-6-8-12-28)20(18(2)21(16-27)24(29)31)15-22-25(32)30(26(34)35-22)17-19-10-9-14-33-19/h9-10,14-15H,3-8,11-13,17H2,1-2H3. The van der Waals surface area contributed by atoms with Gasteiger partial charge in [-0.05, 0) is 50.0 Å². The molecule has 35 heavy (non-hydrogen) atoms. The number of unbranched alkanes of at least 4 members (excludes halogenated alkanes) is 1. The molecule has 0 bridgehead atoms. The molecule has 2 aromatic rings. The van der Waals surface area contributed by atoms with Gasteiger partial charge in [0.25, 0.3) is 11.5 Å². The normalized spacial score (nSPS) is 17.8. The summed E-state index contributed by atoms with van der Waals surface area (Å²) in [5.41, 5.74) is 1.26. The summed E-state index contributed by atoms with van der Waals surface area (Å²) in [6, 6.07) is 5.72. The molecule has 0 spiro atoms. The number of nitriles is 1. The van der Waals surface area contributed by atoms with Gasteiger partial charge in [0.1, 0.15) is 27.5 Å². The highest BCUT2D eigenvalue weighted by atomic mass is 32.2. The highest BCUT2D eigenvalue weighted by molar-refractivity contribution is 8.26. The SMILES string of the molecule is CCCCn1c(N2CCCCCC2)c(C=C2SC(=S)N(Cc3ccco3)C2=O)c(C)c(C#N)c1=O. The second-order valence-corrected chi connectivity index (χ2v) is 10.6. The molecule has 7 nitrogen and oxygen atoms in total. The molecule has 4 heterocycles. The third-order valence-corrected chi connectivity index (χ3v) is 7.91. The lowest BCUT2D eigenvalue weighted by Crippen LogP contribution is -2.35. The van der Waals surface area contributed by atoms with Crippen molar-refractivity contribution in [2.24, 2.45) is 0 Å². The number of carbonyl (C=O) groups excluding carboxylic acids is 1. The lowest BCUT2D eigenvalue weighted by Gasteiger charge is -2.29. The van der Waals surface area contributed by atoms with Gasteiger partial charge >= 0.3 is 0 Å². The number of amides is 1. The van der Waals surface area contributed by atoms with Crippen LogP contribution in [0.25, 0.3) is 6.08 Å². The second-order valence-electron chi connectivity index (χ2n) is 8.91. The minimum absolute atomic E-state index is 0.136. The number of aromatic nitrogens is 1. The molecule has 0 saturated carbocycles. The molecule has 0 N–H and O–H groups in total. The number of nitrogens with zero attached hydrogens (tertiary/aromatic N) is 4. The topological polar surface area (TPSA) is 82.5 Å².